The highest BCUT2D eigenvalue weighted by molar-refractivity contribution is 6.31. The van der Waals surface area contributed by atoms with Crippen LogP contribution in [0.25, 0.3) is 10.9 Å². The third kappa shape index (κ3) is 3.68. The minimum atomic E-state index is -0.106. The van der Waals surface area contributed by atoms with E-state index in [-0.39, 0.29) is 5.91 Å². The van der Waals surface area contributed by atoms with Crippen molar-refractivity contribution in [3.05, 3.63) is 59.1 Å². The lowest BCUT2D eigenvalue weighted by Gasteiger charge is -2.10. The van der Waals surface area contributed by atoms with Gasteiger partial charge in [-0.3, -0.25) is 9.78 Å². The van der Waals surface area contributed by atoms with Crippen LogP contribution in [-0.4, -0.2) is 24.0 Å². The molecule has 0 saturated carbocycles. The lowest BCUT2D eigenvalue weighted by molar-refractivity contribution is 0.0952. The van der Waals surface area contributed by atoms with Crippen LogP contribution in [-0.2, 0) is 0 Å². The fourth-order valence-electron chi connectivity index (χ4n) is 2.50. The summed E-state index contributed by atoms with van der Waals surface area (Å²) in [6.07, 6.45) is 4.08. The van der Waals surface area contributed by atoms with E-state index < -0.39 is 0 Å². The molecule has 6 heteroatoms. The number of rotatable bonds is 6. The third-order valence-corrected chi connectivity index (χ3v) is 4.00. The largest absolute Gasteiger partial charge is 0.469 e. The van der Waals surface area contributed by atoms with Crippen LogP contribution in [0.4, 0.5) is 5.69 Å². The predicted molar refractivity (Wildman–Crippen MR) is 95.6 cm³/mol. The Morgan fingerprint density at radius 2 is 2.12 bits per heavy atom. The van der Waals surface area contributed by atoms with Gasteiger partial charge in [0.1, 0.15) is 5.76 Å². The van der Waals surface area contributed by atoms with Crippen LogP contribution in [0.15, 0.2) is 47.2 Å². The Kier molecular flexibility index (Phi) is 5.01. The maximum Gasteiger partial charge on any atom is 0.254 e. The molecule has 0 unspecified atom stereocenters. The minimum Gasteiger partial charge on any atom is -0.469 e. The summed E-state index contributed by atoms with van der Waals surface area (Å²) in [6.45, 7) is 3.11. The molecule has 0 aliphatic heterocycles. The maximum absolute atomic E-state index is 12.0. The van der Waals surface area contributed by atoms with E-state index in [9.17, 15) is 4.79 Å². The number of nitrogens with zero attached hydrogens (tertiary/aromatic N) is 1. The molecule has 0 bridgehead atoms. The molecule has 0 saturated heterocycles. The number of aromatic nitrogens is 1. The lowest BCUT2D eigenvalue weighted by Crippen LogP contribution is -2.26. The van der Waals surface area contributed by atoms with Crippen molar-refractivity contribution in [1.29, 1.82) is 0 Å². The fraction of sp³-hybridized carbons (Fsp3) is 0.222. The van der Waals surface area contributed by atoms with Gasteiger partial charge in [-0.15, -0.1) is 0 Å². The maximum atomic E-state index is 12.0. The highest BCUT2D eigenvalue weighted by atomic mass is 35.5. The van der Waals surface area contributed by atoms with E-state index >= 15 is 0 Å². The number of carbonyl (C=O) groups excluding carboxylic acids is 1. The van der Waals surface area contributed by atoms with E-state index in [1.54, 1.807) is 19.2 Å². The van der Waals surface area contributed by atoms with Crippen molar-refractivity contribution in [3.8, 4) is 0 Å². The number of amides is 1. The van der Waals surface area contributed by atoms with Gasteiger partial charge < -0.3 is 15.1 Å². The standard InChI is InChI=1S/C18H18ClN3O2/c1-12-14(6-10-24-12)18(23)22-8-2-7-20-16-5-9-21-17-11-13(19)3-4-15(16)17/h3-6,9-11H,2,7-8H2,1H3,(H,20,21)(H,22,23). The van der Waals surface area contributed by atoms with Crippen LogP contribution in [0.5, 0.6) is 0 Å². The Hall–Kier alpha value is -2.53. The van der Waals surface area contributed by atoms with Crippen molar-refractivity contribution in [2.45, 2.75) is 13.3 Å². The second-order valence-corrected chi connectivity index (χ2v) is 5.88. The van der Waals surface area contributed by atoms with Crippen molar-refractivity contribution in [2.24, 2.45) is 0 Å². The monoisotopic (exact) mass is 343 g/mol. The first-order valence-electron chi connectivity index (χ1n) is 7.75. The zero-order chi connectivity index (χ0) is 16.9. The minimum absolute atomic E-state index is 0.106. The molecule has 0 fully saturated rings. The Morgan fingerprint density at radius 3 is 2.92 bits per heavy atom. The highest BCUT2D eigenvalue weighted by Gasteiger charge is 2.10. The zero-order valence-electron chi connectivity index (χ0n) is 13.3. The van der Waals surface area contributed by atoms with Gasteiger partial charge in [0.2, 0.25) is 0 Å². The predicted octanol–water partition coefficient (Wildman–Crippen LogP) is 4.02. The van der Waals surface area contributed by atoms with Crippen molar-refractivity contribution in [3.63, 3.8) is 0 Å². The summed E-state index contributed by atoms with van der Waals surface area (Å²) in [5, 5.41) is 7.96. The summed E-state index contributed by atoms with van der Waals surface area (Å²) in [4.78, 5) is 16.3. The van der Waals surface area contributed by atoms with Gasteiger partial charge in [0.05, 0.1) is 17.3 Å². The molecule has 24 heavy (non-hydrogen) atoms. The van der Waals surface area contributed by atoms with Gasteiger partial charge in [0, 0.05) is 35.4 Å². The molecule has 1 amide bonds. The van der Waals surface area contributed by atoms with Crippen LogP contribution in [0.1, 0.15) is 22.5 Å². The first kappa shape index (κ1) is 16.3. The second kappa shape index (κ2) is 7.36. The first-order chi connectivity index (χ1) is 11.6. The highest BCUT2D eigenvalue weighted by Crippen LogP contribution is 2.24. The van der Waals surface area contributed by atoms with E-state index in [4.69, 9.17) is 16.0 Å². The molecule has 2 heterocycles. The van der Waals surface area contributed by atoms with Gasteiger partial charge in [-0.05, 0) is 43.7 Å². The van der Waals surface area contributed by atoms with Gasteiger partial charge in [-0.25, -0.2) is 0 Å². The molecule has 2 aromatic heterocycles. The van der Waals surface area contributed by atoms with E-state index in [2.05, 4.69) is 15.6 Å². The van der Waals surface area contributed by atoms with E-state index in [1.807, 2.05) is 24.3 Å². The molecular formula is C18H18ClN3O2. The van der Waals surface area contributed by atoms with Crippen LogP contribution < -0.4 is 10.6 Å². The Balaban J connectivity index is 1.50. The number of halogens is 1. The smallest absolute Gasteiger partial charge is 0.254 e. The summed E-state index contributed by atoms with van der Waals surface area (Å²) in [5.74, 6) is 0.526. The molecule has 1 aromatic carbocycles. The SMILES string of the molecule is Cc1occc1C(=O)NCCCNc1ccnc2cc(Cl)ccc12. The molecular weight excluding hydrogens is 326 g/mol. The van der Waals surface area contributed by atoms with Crippen LogP contribution in [0.2, 0.25) is 5.02 Å². The first-order valence-corrected chi connectivity index (χ1v) is 8.13. The number of hydrogen-bond acceptors (Lipinski definition) is 4. The molecule has 3 rings (SSSR count). The number of fused-ring (bicyclic) bond motifs is 1. The number of anilines is 1. The molecule has 3 aromatic rings. The lowest BCUT2D eigenvalue weighted by atomic mass is 10.2. The van der Waals surface area contributed by atoms with Gasteiger partial charge in [-0.2, -0.15) is 0 Å². The molecule has 0 aliphatic rings. The number of hydrogen-bond donors (Lipinski definition) is 2. The molecule has 0 atom stereocenters. The Bertz CT molecular complexity index is 860. The van der Waals surface area contributed by atoms with E-state index in [0.29, 0.717) is 22.9 Å². The van der Waals surface area contributed by atoms with Gasteiger partial charge in [-0.1, -0.05) is 11.6 Å². The van der Waals surface area contributed by atoms with E-state index in [0.717, 1.165) is 29.6 Å². The summed E-state index contributed by atoms with van der Waals surface area (Å²) in [6, 6.07) is 9.26. The van der Waals surface area contributed by atoms with Crippen molar-refractivity contribution in [1.82, 2.24) is 10.3 Å². The number of aryl methyl sites for hydroxylation is 1. The zero-order valence-corrected chi connectivity index (χ0v) is 14.1. The van der Waals surface area contributed by atoms with Gasteiger partial charge in [0.25, 0.3) is 5.91 Å². The molecule has 0 radical (unpaired) electrons. The normalized spacial score (nSPS) is 10.8. The summed E-state index contributed by atoms with van der Waals surface area (Å²) >= 11 is 5.99. The van der Waals surface area contributed by atoms with Crippen LogP contribution in [0, 0.1) is 6.92 Å². The van der Waals surface area contributed by atoms with Crippen molar-refractivity contribution < 1.29 is 9.21 Å². The van der Waals surface area contributed by atoms with Gasteiger partial charge in [0.15, 0.2) is 0 Å². The number of benzene rings is 1. The Morgan fingerprint density at radius 1 is 1.25 bits per heavy atom. The second-order valence-electron chi connectivity index (χ2n) is 5.45. The molecule has 5 nitrogen and oxygen atoms in total. The van der Waals surface area contributed by atoms with Crippen LogP contribution >= 0.6 is 11.6 Å². The summed E-state index contributed by atoms with van der Waals surface area (Å²) in [5.41, 5.74) is 2.45. The third-order valence-electron chi connectivity index (χ3n) is 3.76. The molecule has 0 aliphatic carbocycles. The van der Waals surface area contributed by atoms with Gasteiger partial charge >= 0.3 is 0 Å². The van der Waals surface area contributed by atoms with E-state index in [1.165, 1.54) is 6.26 Å². The molecule has 0 spiro atoms. The Labute approximate surface area is 145 Å². The number of carbonyl (C=O) groups is 1. The fourth-order valence-corrected chi connectivity index (χ4v) is 2.67. The summed E-state index contributed by atoms with van der Waals surface area (Å²) in [7, 11) is 0. The molecule has 2 N–H and O–H groups in total. The average molecular weight is 344 g/mol. The van der Waals surface area contributed by atoms with Crippen molar-refractivity contribution >= 4 is 34.1 Å². The number of nitrogens with one attached hydrogen (secondary N) is 2. The number of furan rings is 1. The summed E-state index contributed by atoms with van der Waals surface area (Å²) < 4.78 is 5.13. The van der Waals surface area contributed by atoms with Crippen LogP contribution in [0.3, 0.4) is 0 Å². The quantitative estimate of drug-likeness (QED) is 0.663. The topological polar surface area (TPSA) is 67.2 Å². The molecule has 124 valence electrons. The number of pyridine rings is 1. The van der Waals surface area contributed by atoms with Crippen molar-refractivity contribution in [2.75, 3.05) is 18.4 Å². The average Bonchev–Trinajstić information content (AvgIpc) is 3.00.